The van der Waals surface area contributed by atoms with Crippen LogP contribution in [0, 0.1) is 11.7 Å². The number of hydrogen-bond donors (Lipinski definition) is 1. The Morgan fingerprint density at radius 1 is 1.12 bits per heavy atom. The molecule has 0 atom stereocenters. The van der Waals surface area contributed by atoms with E-state index in [2.05, 4.69) is 40.9 Å². The van der Waals surface area contributed by atoms with E-state index in [0.717, 1.165) is 61.9 Å². The Morgan fingerprint density at radius 2 is 1.81 bits per heavy atom. The topological polar surface area (TPSA) is 92.2 Å². The highest BCUT2D eigenvalue weighted by molar-refractivity contribution is 5.68. The quantitative estimate of drug-likeness (QED) is 0.328. The fraction of sp³-hybridized carbons (Fsp3) is 0.606. The number of hydrogen-bond acceptors (Lipinski definition) is 7. The maximum absolute atomic E-state index is 13.6. The van der Waals surface area contributed by atoms with Crippen molar-refractivity contribution in [3.8, 4) is 17.0 Å². The number of pyridine rings is 1. The van der Waals surface area contributed by atoms with Gasteiger partial charge < -0.3 is 14.6 Å². The summed E-state index contributed by atoms with van der Waals surface area (Å²) in [6.07, 6.45) is 10.3. The van der Waals surface area contributed by atoms with Gasteiger partial charge in [-0.3, -0.25) is 24.4 Å². The highest BCUT2D eigenvalue weighted by Gasteiger charge is 2.39. The number of aromatic nitrogens is 1. The Hall–Kier alpha value is -3.04. The van der Waals surface area contributed by atoms with E-state index in [1.54, 1.807) is 6.07 Å². The maximum atomic E-state index is 13.6. The summed E-state index contributed by atoms with van der Waals surface area (Å²) in [7, 11) is 2.20. The van der Waals surface area contributed by atoms with Crippen molar-refractivity contribution in [2.45, 2.75) is 89.3 Å². The molecule has 0 unspecified atom stereocenters. The predicted octanol–water partition coefficient (Wildman–Crippen LogP) is 5.88. The first-order chi connectivity index (χ1) is 20.3. The Morgan fingerprint density at radius 3 is 2.38 bits per heavy atom. The first kappa shape index (κ1) is 31.9. The van der Waals surface area contributed by atoms with Crippen LogP contribution in [0.5, 0.6) is 5.75 Å². The maximum Gasteiger partial charge on any atom is 0.293 e. The molecule has 8 nitrogen and oxygen atoms in total. The van der Waals surface area contributed by atoms with Gasteiger partial charge in [0.25, 0.3) is 12.9 Å². The molecule has 3 aliphatic rings. The van der Waals surface area contributed by atoms with E-state index in [9.17, 15) is 9.18 Å². The molecule has 2 aromatic rings. The lowest BCUT2D eigenvalue weighted by Crippen LogP contribution is -2.53. The van der Waals surface area contributed by atoms with Gasteiger partial charge in [0.15, 0.2) is 0 Å². The number of ether oxygens (including phenoxy) is 2. The molecule has 1 aromatic carbocycles. The van der Waals surface area contributed by atoms with Crippen molar-refractivity contribution >= 4 is 12.9 Å². The van der Waals surface area contributed by atoms with Gasteiger partial charge in [0.2, 0.25) is 0 Å². The molecular formula is C33H46FN3O5. The van der Waals surface area contributed by atoms with Crippen LogP contribution in [-0.4, -0.2) is 77.8 Å². The van der Waals surface area contributed by atoms with Gasteiger partial charge in [0.05, 0.1) is 18.5 Å². The van der Waals surface area contributed by atoms with Crippen molar-refractivity contribution in [1.82, 2.24) is 14.8 Å². The van der Waals surface area contributed by atoms with Gasteiger partial charge in [-0.1, -0.05) is 6.92 Å². The van der Waals surface area contributed by atoms with E-state index in [0.29, 0.717) is 25.0 Å². The van der Waals surface area contributed by atoms with Gasteiger partial charge in [-0.15, -0.1) is 0 Å². The van der Waals surface area contributed by atoms with E-state index in [1.165, 1.54) is 61.9 Å². The molecule has 1 aromatic heterocycles. The number of likely N-dealkylation sites (tertiary alicyclic amines) is 1. The number of rotatable bonds is 11. The summed E-state index contributed by atoms with van der Waals surface area (Å²) in [5, 5.41) is 6.89. The number of piperidine rings is 1. The third kappa shape index (κ3) is 8.28. The van der Waals surface area contributed by atoms with Crippen LogP contribution < -0.4 is 4.74 Å². The summed E-state index contributed by atoms with van der Waals surface area (Å²) in [5.41, 5.74) is 3.88. The van der Waals surface area contributed by atoms with Crippen LogP contribution in [0.2, 0.25) is 0 Å². The number of halogens is 1. The summed E-state index contributed by atoms with van der Waals surface area (Å²) in [5.74, 6) is 1.89. The van der Waals surface area contributed by atoms with E-state index in [-0.39, 0.29) is 12.3 Å². The van der Waals surface area contributed by atoms with E-state index in [4.69, 9.17) is 19.4 Å². The average molecular weight is 584 g/mol. The fourth-order valence-electron chi connectivity index (χ4n) is 6.59. The lowest BCUT2D eigenvalue weighted by Gasteiger charge is -2.44. The van der Waals surface area contributed by atoms with Crippen LogP contribution in [0.1, 0.15) is 82.3 Å². The van der Waals surface area contributed by atoms with Crippen LogP contribution in [-0.2, 0) is 20.9 Å². The molecule has 0 bridgehead atoms. The molecule has 9 heteroatoms. The standard InChI is InChI=1S/C32H44FN3O3.CH2O2/c1-4-38-31-18-29(30-12-9-26(33)19-34-30)28(24-7-8-24)17-25(31)20-36-15-13-32(14-16-36,39-22-37)21-35(3)27-10-5-23(2)6-11-27;2-1-3/h9,12,17-19,22-24,27H,4-8,10-11,13-16,20-21H2,1-3H3;1H,(H,2,3). The van der Waals surface area contributed by atoms with Crippen molar-refractivity contribution in [2.24, 2.45) is 5.92 Å². The molecule has 2 saturated carbocycles. The highest BCUT2D eigenvalue weighted by atomic mass is 19.1. The van der Waals surface area contributed by atoms with Crippen LogP contribution in [0.4, 0.5) is 4.39 Å². The number of nitrogens with zero attached hydrogens (tertiary/aromatic N) is 3. The largest absolute Gasteiger partial charge is 0.494 e. The van der Waals surface area contributed by atoms with Crippen molar-refractivity contribution in [3.05, 3.63) is 47.4 Å². The highest BCUT2D eigenvalue weighted by Crippen LogP contribution is 2.46. The summed E-state index contributed by atoms with van der Waals surface area (Å²) < 4.78 is 25.5. The molecule has 1 saturated heterocycles. The van der Waals surface area contributed by atoms with Crippen molar-refractivity contribution in [1.29, 1.82) is 0 Å². The SMILES string of the molecule is CCOc1cc(-c2ccc(F)cn2)c(C2CC2)cc1CN1CCC(CN(C)C2CCC(C)CC2)(OC=O)CC1.O=CO. The minimum Gasteiger partial charge on any atom is -0.494 e. The molecule has 0 spiro atoms. The lowest BCUT2D eigenvalue weighted by atomic mass is 9.85. The number of likely N-dealkylation sites (N-methyl/N-ethyl adjacent to an activating group) is 1. The summed E-state index contributed by atoms with van der Waals surface area (Å²) in [6.45, 7) is 8.67. The minimum absolute atomic E-state index is 0.250. The fourth-order valence-corrected chi connectivity index (χ4v) is 6.59. The molecule has 0 radical (unpaired) electrons. The Labute approximate surface area is 249 Å². The molecule has 3 fully saturated rings. The van der Waals surface area contributed by atoms with Gasteiger partial charge in [0, 0.05) is 56.2 Å². The third-order valence-corrected chi connectivity index (χ3v) is 9.16. The molecule has 42 heavy (non-hydrogen) atoms. The summed E-state index contributed by atoms with van der Waals surface area (Å²) >= 11 is 0. The molecule has 2 heterocycles. The van der Waals surface area contributed by atoms with Crippen LogP contribution in [0.25, 0.3) is 11.3 Å². The van der Waals surface area contributed by atoms with Crippen molar-refractivity contribution in [3.63, 3.8) is 0 Å². The Kier molecular flexibility index (Phi) is 11.3. The summed E-state index contributed by atoms with van der Waals surface area (Å²) in [6, 6.07) is 8.21. The van der Waals surface area contributed by atoms with E-state index < -0.39 is 5.60 Å². The monoisotopic (exact) mass is 583 g/mol. The van der Waals surface area contributed by atoms with Gasteiger partial charge in [-0.25, -0.2) is 4.39 Å². The van der Waals surface area contributed by atoms with Crippen molar-refractivity contribution in [2.75, 3.05) is 33.3 Å². The predicted molar refractivity (Wildman–Crippen MR) is 160 cm³/mol. The first-order valence-corrected chi connectivity index (χ1v) is 15.3. The zero-order valence-electron chi connectivity index (χ0n) is 25.3. The Balaban J connectivity index is 0.00000129. The van der Waals surface area contributed by atoms with E-state index in [1.807, 2.05) is 6.92 Å². The average Bonchev–Trinajstić information content (AvgIpc) is 3.82. The van der Waals surface area contributed by atoms with Crippen LogP contribution >= 0.6 is 0 Å². The van der Waals surface area contributed by atoms with E-state index >= 15 is 0 Å². The molecular weight excluding hydrogens is 537 g/mol. The Bertz CT molecular complexity index is 1160. The normalized spacial score (nSPS) is 22.1. The second-order valence-corrected chi connectivity index (χ2v) is 12.2. The lowest BCUT2D eigenvalue weighted by molar-refractivity contribution is -0.152. The number of benzene rings is 1. The van der Waals surface area contributed by atoms with Gasteiger partial charge >= 0.3 is 0 Å². The van der Waals surface area contributed by atoms with Crippen LogP contribution in [0.3, 0.4) is 0 Å². The number of carboxylic acid groups (broad SMARTS) is 1. The number of carbonyl (C=O) groups excluding carboxylic acids is 1. The molecule has 0 amide bonds. The molecule has 5 rings (SSSR count). The van der Waals surface area contributed by atoms with Crippen LogP contribution in [0.15, 0.2) is 30.5 Å². The zero-order chi connectivity index (χ0) is 30.1. The molecule has 1 N–H and O–H groups in total. The van der Waals surface area contributed by atoms with Gasteiger partial charge in [0.1, 0.15) is 17.2 Å². The smallest absolute Gasteiger partial charge is 0.293 e. The molecule has 230 valence electrons. The second kappa shape index (κ2) is 14.9. The first-order valence-electron chi connectivity index (χ1n) is 15.3. The third-order valence-electron chi connectivity index (χ3n) is 9.16. The van der Waals surface area contributed by atoms with Gasteiger partial charge in [-0.05, 0) is 94.2 Å². The zero-order valence-corrected chi connectivity index (χ0v) is 25.3. The number of carbonyl (C=O) groups is 2. The second-order valence-electron chi connectivity index (χ2n) is 12.2. The molecule has 2 aliphatic carbocycles. The minimum atomic E-state index is -0.421. The van der Waals surface area contributed by atoms with Crippen molar-refractivity contribution < 1.29 is 28.6 Å². The summed E-state index contributed by atoms with van der Waals surface area (Å²) in [4.78, 5) is 29.2. The van der Waals surface area contributed by atoms with Gasteiger partial charge in [-0.2, -0.15) is 0 Å². The molecule has 1 aliphatic heterocycles.